The normalized spacial score (nSPS) is 24.9. The van der Waals surface area contributed by atoms with Crippen molar-refractivity contribution in [3.05, 3.63) is 29.8 Å². The third-order valence-electron chi connectivity index (χ3n) is 3.46. The highest BCUT2D eigenvalue weighted by Gasteiger charge is 2.31. The van der Waals surface area contributed by atoms with E-state index in [1.165, 1.54) is 12.1 Å². The molecule has 1 aliphatic heterocycles. The van der Waals surface area contributed by atoms with E-state index in [0.29, 0.717) is 30.5 Å². The molecule has 0 amide bonds. The molecule has 0 bridgehead atoms. The summed E-state index contributed by atoms with van der Waals surface area (Å²) in [6.07, 6.45) is 1.07. The van der Waals surface area contributed by atoms with Gasteiger partial charge in [-0.05, 0) is 42.5 Å². The second-order valence-corrected chi connectivity index (χ2v) is 7.34. The van der Waals surface area contributed by atoms with Crippen LogP contribution in [-0.2, 0) is 10.0 Å². The lowest BCUT2D eigenvalue weighted by atomic mass is 9.94. The fourth-order valence-corrected chi connectivity index (χ4v) is 4.33. The molecule has 4 nitrogen and oxygen atoms in total. The Labute approximate surface area is 114 Å². The molecule has 19 heavy (non-hydrogen) atoms. The number of rotatable bonds is 2. The molecular formula is C14H18N2O2S. The summed E-state index contributed by atoms with van der Waals surface area (Å²) in [7, 11) is -3.43. The third kappa shape index (κ3) is 2.96. The molecule has 1 fully saturated rings. The van der Waals surface area contributed by atoms with Gasteiger partial charge in [-0.1, -0.05) is 13.8 Å². The first-order valence-electron chi connectivity index (χ1n) is 6.44. The number of sulfonamides is 1. The van der Waals surface area contributed by atoms with Gasteiger partial charge in [-0.25, -0.2) is 8.42 Å². The van der Waals surface area contributed by atoms with Gasteiger partial charge in [0.25, 0.3) is 0 Å². The predicted octanol–water partition coefficient (Wildman–Crippen LogP) is 2.22. The molecule has 0 saturated carbocycles. The van der Waals surface area contributed by atoms with Gasteiger partial charge in [-0.2, -0.15) is 9.57 Å². The topological polar surface area (TPSA) is 61.2 Å². The molecule has 0 aliphatic carbocycles. The summed E-state index contributed by atoms with van der Waals surface area (Å²) in [5, 5.41) is 8.74. The average Bonchev–Trinajstić information content (AvgIpc) is 2.37. The zero-order valence-electron chi connectivity index (χ0n) is 11.2. The lowest BCUT2D eigenvalue weighted by molar-refractivity contribution is 0.222. The summed E-state index contributed by atoms with van der Waals surface area (Å²) in [5.74, 6) is 0.772. The van der Waals surface area contributed by atoms with Crippen molar-refractivity contribution >= 4 is 10.0 Å². The fraction of sp³-hybridized carbons (Fsp3) is 0.500. The molecule has 0 N–H and O–H groups in total. The van der Waals surface area contributed by atoms with Crippen molar-refractivity contribution in [2.24, 2.45) is 11.8 Å². The number of hydrogen-bond donors (Lipinski definition) is 0. The zero-order chi connectivity index (χ0) is 14.0. The smallest absolute Gasteiger partial charge is 0.207 e. The van der Waals surface area contributed by atoms with Crippen LogP contribution in [0.1, 0.15) is 25.8 Å². The molecule has 0 aromatic heterocycles. The second-order valence-electron chi connectivity index (χ2n) is 5.40. The lowest BCUT2D eigenvalue weighted by Crippen LogP contribution is -2.42. The van der Waals surface area contributed by atoms with Crippen molar-refractivity contribution in [1.29, 1.82) is 5.26 Å². The molecule has 102 valence electrons. The van der Waals surface area contributed by atoms with Crippen molar-refractivity contribution in [1.82, 2.24) is 4.31 Å². The highest BCUT2D eigenvalue weighted by atomic mass is 32.2. The van der Waals surface area contributed by atoms with Crippen molar-refractivity contribution in [2.45, 2.75) is 25.2 Å². The molecule has 0 spiro atoms. The van der Waals surface area contributed by atoms with E-state index >= 15 is 0 Å². The number of benzene rings is 1. The Balaban J connectivity index is 2.28. The summed E-state index contributed by atoms with van der Waals surface area (Å²) < 4.78 is 26.6. The Morgan fingerprint density at radius 2 is 1.68 bits per heavy atom. The van der Waals surface area contributed by atoms with Gasteiger partial charge in [0, 0.05) is 13.1 Å². The van der Waals surface area contributed by atoms with Gasteiger partial charge in [0.15, 0.2) is 0 Å². The van der Waals surface area contributed by atoms with Crippen LogP contribution >= 0.6 is 0 Å². The van der Waals surface area contributed by atoms with Crippen LogP contribution in [0.25, 0.3) is 0 Å². The van der Waals surface area contributed by atoms with Crippen LogP contribution < -0.4 is 0 Å². The molecule has 2 atom stereocenters. The first-order valence-corrected chi connectivity index (χ1v) is 7.88. The molecular weight excluding hydrogens is 260 g/mol. The van der Waals surface area contributed by atoms with Crippen molar-refractivity contribution in [3.63, 3.8) is 0 Å². The van der Waals surface area contributed by atoms with E-state index in [-0.39, 0.29) is 4.90 Å². The zero-order valence-corrected chi connectivity index (χ0v) is 12.0. The SMILES string of the molecule is C[C@@H]1C[C@@H](C)CN(S(=O)(=O)c2ccc(C#N)cc2)C1. The van der Waals surface area contributed by atoms with E-state index in [0.717, 1.165) is 6.42 Å². The quantitative estimate of drug-likeness (QED) is 0.833. The molecule has 1 aromatic rings. The van der Waals surface area contributed by atoms with E-state index in [1.807, 2.05) is 6.07 Å². The van der Waals surface area contributed by atoms with Crippen LogP contribution in [0.4, 0.5) is 0 Å². The van der Waals surface area contributed by atoms with Gasteiger partial charge in [-0.3, -0.25) is 0 Å². The molecule has 5 heteroatoms. The Kier molecular flexibility index (Phi) is 3.93. The summed E-state index contributed by atoms with van der Waals surface area (Å²) in [4.78, 5) is 0.271. The second kappa shape index (κ2) is 5.32. The number of nitrogens with zero attached hydrogens (tertiary/aromatic N) is 2. The van der Waals surface area contributed by atoms with Gasteiger partial charge in [0.05, 0.1) is 16.5 Å². The summed E-state index contributed by atoms with van der Waals surface area (Å²) in [6.45, 7) is 5.31. The molecule has 0 unspecified atom stereocenters. The minimum atomic E-state index is -3.43. The van der Waals surface area contributed by atoms with Gasteiger partial charge >= 0.3 is 0 Å². The predicted molar refractivity (Wildman–Crippen MR) is 72.9 cm³/mol. The molecule has 1 saturated heterocycles. The maximum atomic E-state index is 12.5. The molecule has 1 aliphatic rings. The Morgan fingerprint density at radius 1 is 1.16 bits per heavy atom. The summed E-state index contributed by atoms with van der Waals surface area (Å²) in [5.41, 5.74) is 0.472. The van der Waals surface area contributed by atoms with Crippen LogP contribution in [0.5, 0.6) is 0 Å². The van der Waals surface area contributed by atoms with Crippen molar-refractivity contribution < 1.29 is 8.42 Å². The molecule has 0 radical (unpaired) electrons. The van der Waals surface area contributed by atoms with E-state index in [1.54, 1.807) is 16.4 Å². The standard InChI is InChI=1S/C14H18N2O2S/c1-11-7-12(2)10-16(9-11)19(17,18)14-5-3-13(8-15)4-6-14/h3-6,11-12H,7,9-10H2,1-2H3/t11-,12-/m1/s1. The first kappa shape index (κ1) is 14.0. The van der Waals surface area contributed by atoms with Crippen LogP contribution in [0, 0.1) is 23.2 Å². The molecule has 2 rings (SSSR count). The van der Waals surface area contributed by atoms with E-state index in [4.69, 9.17) is 5.26 Å². The van der Waals surface area contributed by atoms with Gasteiger partial charge in [0.1, 0.15) is 0 Å². The lowest BCUT2D eigenvalue weighted by Gasteiger charge is -2.34. The van der Waals surface area contributed by atoms with Gasteiger partial charge < -0.3 is 0 Å². The highest BCUT2D eigenvalue weighted by Crippen LogP contribution is 2.26. The minimum absolute atomic E-state index is 0.271. The van der Waals surface area contributed by atoms with Crippen LogP contribution in [-0.4, -0.2) is 25.8 Å². The summed E-state index contributed by atoms with van der Waals surface area (Å²) in [6, 6.07) is 8.10. The number of hydrogen-bond acceptors (Lipinski definition) is 3. The Bertz CT molecular complexity index is 577. The highest BCUT2D eigenvalue weighted by molar-refractivity contribution is 7.89. The first-order chi connectivity index (χ1) is 8.93. The van der Waals surface area contributed by atoms with E-state index < -0.39 is 10.0 Å². The van der Waals surface area contributed by atoms with E-state index in [2.05, 4.69) is 13.8 Å². The van der Waals surface area contributed by atoms with E-state index in [9.17, 15) is 8.42 Å². The maximum absolute atomic E-state index is 12.5. The summed E-state index contributed by atoms with van der Waals surface area (Å²) >= 11 is 0. The van der Waals surface area contributed by atoms with Crippen molar-refractivity contribution in [3.8, 4) is 6.07 Å². The monoisotopic (exact) mass is 278 g/mol. The maximum Gasteiger partial charge on any atom is 0.243 e. The average molecular weight is 278 g/mol. The van der Waals surface area contributed by atoms with Crippen molar-refractivity contribution in [2.75, 3.05) is 13.1 Å². The number of piperidine rings is 1. The third-order valence-corrected chi connectivity index (χ3v) is 5.30. The number of nitriles is 1. The fourth-order valence-electron chi connectivity index (χ4n) is 2.65. The Morgan fingerprint density at radius 3 is 2.16 bits per heavy atom. The van der Waals surface area contributed by atoms with Crippen LogP contribution in [0.3, 0.4) is 0 Å². The molecule has 1 aromatic carbocycles. The largest absolute Gasteiger partial charge is 0.243 e. The van der Waals surface area contributed by atoms with Crippen LogP contribution in [0.15, 0.2) is 29.2 Å². The van der Waals surface area contributed by atoms with Gasteiger partial charge in [0.2, 0.25) is 10.0 Å². The molecule has 1 heterocycles. The Hall–Kier alpha value is -1.38. The van der Waals surface area contributed by atoms with Gasteiger partial charge in [-0.15, -0.1) is 0 Å². The minimum Gasteiger partial charge on any atom is -0.207 e. The van der Waals surface area contributed by atoms with Crippen LogP contribution in [0.2, 0.25) is 0 Å².